The summed E-state index contributed by atoms with van der Waals surface area (Å²) in [5.74, 6) is -0.626. The molecule has 3 aromatic carbocycles. The number of esters is 1. The second-order valence-electron chi connectivity index (χ2n) is 9.74. The molecular weight excluding hydrogens is 512 g/mol. The summed E-state index contributed by atoms with van der Waals surface area (Å²) in [5.41, 5.74) is 11.8. The van der Waals surface area contributed by atoms with Gasteiger partial charge >= 0.3 is 5.97 Å². The van der Waals surface area contributed by atoms with Crippen LogP contribution in [0.5, 0.6) is 0 Å². The van der Waals surface area contributed by atoms with Gasteiger partial charge in [-0.1, -0.05) is 30.3 Å². The number of nitrogens with zero attached hydrogens (tertiary/aromatic N) is 3. The number of aryl methyl sites for hydroxylation is 2. The fourth-order valence-corrected chi connectivity index (χ4v) is 4.98. The number of hydrazone groups is 1. The molecule has 2 heterocycles. The van der Waals surface area contributed by atoms with Crippen LogP contribution >= 0.6 is 0 Å². The Kier molecular flexibility index (Phi) is 7.97. The van der Waals surface area contributed by atoms with Gasteiger partial charge in [0.2, 0.25) is 0 Å². The average molecular weight is 545 g/mol. The van der Waals surface area contributed by atoms with E-state index in [1.165, 1.54) is 0 Å². The molecule has 0 aliphatic heterocycles. The molecule has 0 fully saturated rings. The zero-order valence-corrected chi connectivity index (χ0v) is 23.6. The predicted octanol–water partition coefficient (Wildman–Crippen LogP) is 6.80. The van der Waals surface area contributed by atoms with Gasteiger partial charge < -0.3 is 13.9 Å². The summed E-state index contributed by atoms with van der Waals surface area (Å²) in [6.45, 7) is 8.18. The summed E-state index contributed by atoms with van der Waals surface area (Å²) in [5, 5.41) is 4.22. The molecule has 0 aliphatic carbocycles. The first-order valence-electron chi connectivity index (χ1n) is 13.5. The van der Waals surface area contributed by atoms with E-state index in [1.807, 2.05) is 62.4 Å². The first-order chi connectivity index (χ1) is 19.9. The van der Waals surface area contributed by atoms with Crippen LogP contribution < -0.4 is 5.43 Å². The molecule has 7 nitrogen and oxygen atoms in total. The minimum Gasteiger partial charge on any atom is -0.462 e. The van der Waals surface area contributed by atoms with Gasteiger partial charge in [-0.3, -0.25) is 4.79 Å². The quantitative estimate of drug-likeness (QED) is 0.133. The molecule has 0 saturated heterocycles. The Bertz CT molecular complexity index is 1710. The molecular formula is C34H32N4O3. The minimum atomic E-state index is -0.338. The zero-order valence-electron chi connectivity index (χ0n) is 23.6. The van der Waals surface area contributed by atoms with Crippen LogP contribution in [0.25, 0.3) is 22.6 Å². The number of aromatic nitrogens is 2. The van der Waals surface area contributed by atoms with Crippen molar-refractivity contribution in [3.8, 4) is 22.6 Å². The van der Waals surface area contributed by atoms with E-state index in [0.717, 1.165) is 45.3 Å². The van der Waals surface area contributed by atoms with Gasteiger partial charge in [0.15, 0.2) is 0 Å². The van der Waals surface area contributed by atoms with E-state index in [1.54, 1.807) is 37.4 Å². The normalized spacial score (nSPS) is 11.1. The Labute approximate surface area is 239 Å². The van der Waals surface area contributed by atoms with Crippen LogP contribution in [0.2, 0.25) is 0 Å². The first-order valence-corrected chi connectivity index (χ1v) is 13.5. The predicted molar refractivity (Wildman–Crippen MR) is 162 cm³/mol. The van der Waals surface area contributed by atoms with E-state index >= 15 is 0 Å². The lowest BCUT2D eigenvalue weighted by molar-refractivity contribution is 0.0526. The topological polar surface area (TPSA) is 77.6 Å². The van der Waals surface area contributed by atoms with Crippen molar-refractivity contribution in [2.45, 2.75) is 27.7 Å². The third kappa shape index (κ3) is 5.75. The monoisotopic (exact) mass is 544 g/mol. The Morgan fingerprint density at radius 1 is 0.780 bits per heavy atom. The fourth-order valence-electron chi connectivity index (χ4n) is 4.98. The summed E-state index contributed by atoms with van der Waals surface area (Å²) >= 11 is 0. The van der Waals surface area contributed by atoms with Crippen LogP contribution in [0.15, 0.2) is 102 Å². The number of benzene rings is 3. The van der Waals surface area contributed by atoms with Crippen molar-refractivity contribution in [2.24, 2.45) is 5.10 Å². The van der Waals surface area contributed by atoms with Gasteiger partial charge in [-0.05, 0) is 100.0 Å². The SMILES string of the molecule is CCOC(=O)c1ccc(-n2c(C)cc(/C=N/NC(=O)c3ccc(-n4c(C)ccc4-c4ccccc4)cc3)c2C)cc1. The maximum Gasteiger partial charge on any atom is 0.338 e. The highest BCUT2D eigenvalue weighted by molar-refractivity contribution is 5.95. The van der Waals surface area contributed by atoms with E-state index in [0.29, 0.717) is 17.7 Å². The standard InChI is InChI=1S/C34H32N4O3/c1-5-41-34(40)28-14-18-30(19-15-28)37-24(3)21-29(25(37)4)22-35-36-33(39)27-12-16-31(17-13-27)38-23(2)11-20-32(38)26-9-7-6-8-10-26/h6-22H,5H2,1-4H3,(H,36,39)/b35-22+. The lowest BCUT2D eigenvalue weighted by Gasteiger charge is -2.12. The average Bonchev–Trinajstić information content (AvgIpc) is 3.51. The Balaban J connectivity index is 1.28. The van der Waals surface area contributed by atoms with Crippen molar-refractivity contribution in [2.75, 3.05) is 6.61 Å². The summed E-state index contributed by atoms with van der Waals surface area (Å²) < 4.78 is 9.32. The second kappa shape index (κ2) is 11.9. The fraction of sp³-hybridized carbons (Fsp3) is 0.147. The highest BCUT2D eigenvalue weighted by Gasteiger charge is 2.13. The van der Waals surface area contributed by atoms with Crippen molar-refractivity contribution in [1.29, 1.82) is 0 Å². The number of hydrogen-bond donors (Lipinski definition) is 1. The molecule has 0 saturated carbocycles. The van der Waals surface area contributed by atoms with Gasteiger partial charge in [-0.25, -0.2) is 10.2 Å². The number of hydrogen-bond acceptors (Lipinski definition) is 4. The second-order valence-corrected chi connectivity index (χ2v) is 9.74. The maximum absolute atomic E-state index is 12.8. The van der Waals surface area contributed by atoms with Crippen molar-refractivity contribution < 1.29 is 14.3 Å². The third-order valence-corrected chi connectivity index (χ3v) is 7.01. The van der Waals surface area contributed by atoms with Crippen molar-refractivity contribution in [1.82, 2.24) is 14.6 Å². The maximum atomic E-state index is 12.8. The van der Waals surface area contributed by atoms with Crippen LogP contribution in [-0.2, 0) is 4.74 Å². The van der Waals surface area contributed by atoms with Crippen LogP contribution in [0.3, 0.4) is 0 Å². The molecule has 0 atom stereocenters. The van der Waals surface area contributed by atoms with Gasteiger partial charge in [-0.15, -0.1) is 0 Å². The van der Waals surface area contributed by atoms with Crippen LogP contribution in [0, 0.1) is 20.8 Å². The van der Waals surface area contributed by atoms with E-state index in [9.17, 15) is 9.59 Å². The van der Waals surface area contributed by atoms with E-state index in [4.69, 9.17) is 4.74 Å². The molecule has 1 amide bonds. The molecule has 0 bridgehead atoms. The Hall–Kier alpha value is -5.17. The summed E-state index contributed by atoms with van der Waals surface area (Å²) in [7, 11) is 0. The van der Waals surface area contributed by atoms with Gasteiger partial charge in [-0.2, -0.15) is 5.10 Å². The highest BCUT2D eigenvalue weighted by Crippen LogP contribution is 2.26. The van der Waals surface area contributed by atoms with Crippen molar-refractivity contribution in [3.63, 3.8) is 0 Å². The van der Waals surface area contributed by atoms with Gasteiger partial charge in [0.1, 0.15) is 0 Å². The number of carbonyl (C=O) groups is 2. The Morgan fingerprint density at radius 3 is 2.07 bits per heavy atom. The van der Waals surface area contributed by atoms with Gasteiger partial charge in [0, 0.05) is 39.6 Å². The molecule has 41 heavy (non-hydrogen) atoms. The van der Waals surface area contributed by atoms with Crippen molar-refractivity contribution >= 4 is 18.1 Å². The molecule has 0 aliphatic rings. The van der Waals surface area contributed by atoms with Crippen LogP contribution in [0.1, 0.15) is 50.3 Å². The number of nitrogens with one attached hydrogen (secondary N) is 1. The number of rotatable bonds is 8. The van der Waals surface area contributed by atoms with E-state index in [-0.39, 0.29) is 11.9 Å². The summed E-state index contributed by atoms with van der Waals surface area (Å²) in [6.07, 6.45) is 1.65. The molecule has 1 N–H and O–H groups in total. The van der Waals surface area contributed by atoms with E-state index < -0.39 is 0 Å². The van der Waals surface area contributed by atoms with Gasteiger partial charge in [0.05, 0.1) is 24.1 Å². The molecule has 5 rings (SSSR count). The molecule has 0 spiro atoms. The number of carbonyl (C=O) groups excluding carboxylic acids is 2. The molecule has 5 aromatic rings. The van der Waals surface area contributed by atoms with E-state index in [2.05, 4.69) is 50.9 Å². The Morgan fingerprint density at radius 2 is 1.41 bits per heavy atom. The smallest absolute Gasteiger partial charge is 0.338 e. The van der Waals surface area contributed by atoms with Crippen molar-refractivity contribution in [3.05, 3.63) is 131 Å². The summed E-state index contributed by atoms with van der Waals surface area (Å²) in [4.78, 5) is 24.8. The lowest BCUT2D eigenvalue weighted by Crippen LogP contribution is -2.17. The highest BCUT2D eigenvalue weighted by atomic mass is 16.5. The first kappa shape index (κ1) is 27.4. The lowest BCUT2D eigenvalue weighted by atomic mass is 10.1. The molecule has 0 unspecified atom stereocenters. The molecule has 206 valence electrons. The summed E-state index contributed by atoms with van der Waals surface area (Å²) in [6, 6.07) is 31.2. The largest absolute Gasteiger partial charge is 0.462 e. The number of ether oxygens (including phenoxy) is 1. The molecule has 0 radical (unpaired) electrons. The molecule has 7 heteroatoms. The molecule has 2 aromatic heterocycles. The van der Waals surface area contributed by atoms with Crippen LogP contribution in [0.4, 0.5) is 0 Å². The van der Waals surface area contributed by atoms with Gasteiger partial charge in [0.25, 0.3) is 5.91 Å². The third-order valence-electron chi connectivity index (χ3n) is 7.01. The minimum absolute atomic E-state index is 0.288. The zero-order chi connectivity index (χ0) is 28.9. The number of amides is 1. The van der Waals surface area contributed by atoms with Crippen LogP contribution in [-0.4, -0.2) is 33.8 Å².